The van der Waals surface area contributed by atoms with Crippen LogP contribution >= 0.6 is 0 Å². The third-order valence-corrected chi connectivity index (χ3v) is 2.86. The fraction of sp³-hybridized carbons (Fsp3) is 0.900. The first-order valence-corrected chi connectivity index (χ1v) is 5.17. The quantitative estimate of drug-likeness (QED) is 0.623. The van der Waals surface area contributed by atoms with E-state index in [4.69, 9.17) is 23.7 Å². The van der Waals surface area contributed by atoms with Gasteiger partial charge < -0.3 is 23.7 Å². The number of esters is 1. The van der Waals surface area contributed by atoms with Gasteiger partial charge in [-0.3, -0.25) is 4.79 Å². The molecular weight excluding hydrogens is 216 g/mol. The van der Waals surface area contributed by atoms with Gasteiger partial charge in [0.25, 0.3) is 0 Å². The van der Waals surface area contributed by atoms with Gasteiger partial charge in [-0.2, -0.15) is 0 Å². The van der Waals surface area contributed by atoms with E-state index < -0.39 is 12.4 Å². The molecule has 0 aromatic heterocycles. The van der Waals surface area contributed by atoms with E-state index in [1.54, 1.807) is 14.2 Å². The molecular formula is C10H16O6. The van der Waals surface area contributed by atoms with Crippen LogP contribution in [-0.2, 0) is 28.5 Å². The number of rotatable bonds is 3. The largest absolute Gasteiger partial charge is 0.457 e. The summed E-state index contributed by atoms with van der Waals surface area (Å²) in [7, 11) is 3.15. The lowest BCUT2D eigenvalue weighted by Crippen LogP contribution is -2.44. The molecule has 2 fully saturated rings. The zero-order valence-corrected chi connectivity index (χ0v) is 9.54. The molecule has 2 aliphatic rings. The molecule has 0 aromatic rings. The number of carbonyl (C=O) groups excluding carboxylic acids is 1. The third-order valence-electron chi connectivity index (χ3n) is 2.86. The summed E-state index contributed by atoms with van der Waals surface area (Å²) in [4.78, 5) is 10.9. The van der Waals surface area contributed by atoms with Crippen molar-refractivity contribution in [2.24, 2.45) is 0 Å². The highest BCUT2D eigenvalue weighted by Crippen LogP contribution is 2.33. The Morgan fingerprint density at radius 2 is 1.94 bits per heavy atom. The molecule has 0 radical (unpaired) electrons. The number of carbonyl (C=O) groups is 1. The van der Waals surface area contributed by atoms with Crippen LogP contribution in [0.2, 0.25) is 0 Å². The highest BCUT2D eigenvalue weighted by atomic mass is 16.8. The standard InChI is InChI=1S/C10H16O6/c1-5(11)15-6-4-14-10-9(13-3)8(12-2)7(6)16-10/h6-10H,4H2,1-3H3/t6-,7-,8+,9-,10?/m1/s1. The van der Waals surface area contributed by atoms with Crippen LogP contribution in [0, 0.1) is 0 Å². The fourth-order valence-corrected chi connectivity index (χ4v) is 2.20. The Balaban J connectivity index is 2.09. The van der Waals surface area contributed by atoms with E-state index >= 15 is 0 Å². The summed E-state index contributed by atoms with van der Waals surface area (Å²) in [5.74, 6) is -0.355. The highest BCUT2D eigenvalue weighted by molar-refractivity contribution is 5.66. The number of ether oxygens (including phenoxy) is 5. The molecule has 2 bridgehead atoms. The van der Waals surface area contributed by atoms with E-state index in [-0.39, 0.29) is 24.3 Å². The summed E-state index contributed by atoms with van der Waals surface area (Å²) in [6, 6.07) is 0. The van der Waals surface area contributed by atoms with Crippen molar-refractivity contribution in [3.63, 3.8) is 0 Å². The van der Waals surface area contributed by atoms with Crippen LogP contribution in [0.4, 0.5) is 0 Å². The molecule has 0 aliphatic carbocycles. The molecule has 16 heavy (non-hydrogen) atoms. The summed E-state index contributed by atoms with van der Waals surface area (Å²) in [5, 5.41) is 0. The molecule has 92 valence electrons. The first-order valence-electron chi connectivity index (χ1n) is 5.17. The minimum absolute atomic E-state index is 0.276. The molecule has 2 heterocycles. The molecule has 2 saturated heterocycles. The minimum Gasteiger partial charge on any atom is -0.457 e. The zero-order valence-electron chi connectivity index (χ0n) is 9.54. The summed E-state index contributed by atoms with van der Waals surface area (Å²) < 4.78 is 26.7. The Labute approximate surface area is 93.7 Å². The molecule has 0 saturated carbocycles. The normalized spacial score (nSPS) is 42.1. The van der Waals surface area contributed by atoms with Crippen molar-refractivity contribution in [2.45, 2.75) is 37.6 Å². The van der Waals surface area contributed by atoms with Gasteiger partial charge in [-0.05, 0) is 0 Å². The highest BCUT2D eigenvalue weighted by Gasteiger charge is 2.53. The maximum atomic E-state index is 10.9. The van der Waals surface area contributed by atoms with Gasteiger partial charge in [-0.1, -0.05) is 0 Å². The molecule has 0 N–H and O–H groups in total. The van der Waals surface area contributed by atoms with Crippen LogP contribution in [0.5, 0.6) is 0 Å². The van der Waals surface area contributed by atoms with Crippen molar-refractivity contribution in [3.05, 3.63) is 0 Å². The van der Waals surface area contributed by atoms with E-state index in [1.165, 1.54) is 6.92 Å². The van der Waals surface area contributed by atoms with Gasteiger partial charge in [0.05, 0.1) is 6.61 Å². The van der Waals surface area contributed by atoms with E-state index in [0.717, 1.165) is 0 Å². The maximum Gasteiger partial charge on any atom is 0.303 e. The number of fused-ring (bicyclic) bond motifs is 2. The van der Waals surface area contributed by atoms with Gasteiger partial charge in [0.1, 0.15) is 18.3 Å². The number of hydrogen-bond donors (Lipinski definition) is 0. The van der Waals surface area contributed by atoms with E-state index in [1.807, 2.05) is 0 Å². The van der Waals surface area contributed by atoms with Gasteiger partial charge in [0.2, 0.25) is 0 Å². The fourth-order valence-electron chi connectivity index (χ4n) is 2.20. The second-order valence-electron chi connectivity index (χ2n) is 3.85. The van der Waals surface area contributed by atoms with E-state index in [0.29, 0.717) is 6.61 Å². The lowest BCUT2D eigenvalue weighted by molar-refractivity contribution is -0.242. The molecule has 0 spiro atoms. The molecule has 0 aromatic carbocycles. The summed E-state index contributed by atoms with van der Waals surface area (Å²) in [6.07, 6.45) is -1.75. The predicted octanol–water partition coefficient (Wildman–Crippen LogP) is -0.297. The Bertz CT molecular complexity index is 268. The second kappa shape index (κ2) is 4.67. The van der Waals surface area contributed by atoms with Gasteiger partial charge in [-0.15, -0.1) is 0 Å². The lowest BCUT2D eigenvalue weighted by atomic mass is 10.1. The number of hydrogen-bond acceptors (Lipinski definition) is 6. The third kappa shape index (κ3) is 1.93. The second-order valence-corrected chi connectivity index (χ2v) is 3.85. The number of methoxy groups -OCH3 is 2. The van der Waals surface area contributed by atoms with Crippen molar-refractivity contribution in [1.82, 2.24) is 0 Å². The average molecular weight is 232 g/mol. The molecule has 5 atom stereocenters. The first kappa shape index (κ1) is 11.8. The molecule has 0 amide bonds. The molecule has 6 nitrogen and oxygen atoms in total. The van der Waals surface area contributed by atoms with Crippen LogP contribution in [0.25, 0.3) is 0 Å². The van der Waals surface area contributed by atoms with Crippen molar-refractivity contribution in [1.29, 1.82) is 0 Å². The summed E-state index contributed by atoms with van der Waals surface area (Å²) >= 11 is 0. The Morgan fingerprint density at radius 1 is 1.25 bits per heavy atom. The Kier molecular flexibility index (Phi) is 3.44. The molecule has 1 unspecified atom stereocenters. The average Bonchev–Trinajstić information content (AvgIpc) is 2.55. The van der Waals surface area contributed by atoms with Crippen molar-refractivity contribution in [2.75, 3.05) is 20.8 Å². The van der Waals surface area contributed by atoms with Crippen molar-refractivity contribution >= 4 is 5.97 Å². The summed E-state index contributed by atoms with van der Waals surface area (Å²) in [5.41, 5.74) is 0. The maximum absolute atomic E-state index is 10.9. The Morgan fingerprint density at radius 3 is 2.50 bits per heavy atom. The smallest absolute Gasteiger partial charge is 0.303 e. The first-order chi connectivity index (χ1) is 7.67. The van der Waals surface area contributed by atoms with Gasteiger partial charge >= 0.3 is 5.97 Å². The van der Waals surface area contributed by atoms with Gasteiger partial charge in [0.15, 0.2) is 12.4 Å². The van der Waals surface area contributed by atoms with E-state index in [2.05, 4.69) is 0 Å². The zero-order chi connectivity index (χ0) is 11.7. The lowest BCUT2D eigenvalue weighted by Gasteiger charge is -2.29. The van der Waals surface area contributed by atoms with Crippen LogP contribution in [0.1, 0.15) is 6.92 Å². The molecule has 2 aliphatic heterocycles. The van der Waals surface area contributed by atoms with Gasteiger partial charge in [0, 0.05) is 21.1 Å². The van der Waals surface area contributed by atoms with Crippen LogP contribution in [-0.4, -0.2) is 57.5 Å². The SMILES string of the molecule is CO[C@H]1[C@@H]2OC(OC[C@H]2OC(C)=O)[C@@H]1OC. The monoisotopic (exact) mass is 232 g/mol. The van der Waals surface area contributed by atoms with Gasteiger partial charge in [-0.25, -0.2) is 0 Å². The van der Waals surface area contributed by atoms with Crippen molar-refractivity contribution < 1.29 is 28.5 Å². The van der Waals surface area contributed by atoms with Crippen LogP contribution in [0.3, 0.4) is 0 Å². The molecule has 2 rings (SSSR count). The van der Waals surface area contributed by atoms with Crippen LogP contribution < -0.4 is 0 Å². The summed E-state index contributed by atoms with van der Waals surface area (Å²) in [6.45, 7) is 1.67. The van der Waals surface area contributed by atoms with Crippen LogP contribution in [0.15, 0.2) is 0 Å². The van der Waals surface area contributed by atoms with E-state index in [9.17, 15) is 4.79 Å². The van der Waals surface area contributed by atoms with Crippen molar-refractivity contribution in [3.8, 4) is 0 Å². The minimum atomic E-state index is -0.438. The topological polar surface area (TPSA) is 63.2 Å². The predicted molar refractivity (Wildman–Crippen MR) is 51.8 cm³/mol. The Hall–Kier alpha value is -0.690. The molecule has 6 heteroatoms.